The number of nitrogens with zero attached hydrogens (tertiary/aromatic N) is 2. The molecular weight excluding hydrogens is 408 g/mol. The van der Waals surface area contributed by atoms with Gasteiger partial charge in [-0.2, -0.15) is 0 Å². The van der Waals surface area contributed by atoms with E-state index in [4.69, 9.17) is 5.73 Å². The zero-order valence-electron chi connectivity index (χ0n) is 18.3. The van der Waals surface area contributed by atoms with Crippen molar-refractivity contribution in [1.29, 1.82) is 0 Å². The van der Waals surface area contributed by atoms with Gasteiger partial charge in [0.2, 0.25) is 17.7 Å². The lowest BCUT2D eigenvalue weighted by atomic mass is 10.0. The third kappa shape index (κ3) is 5.51. The van der Waals surface area contributed by atoms with Crippen molar-refractivity contribution < 1.29 is 19.2 Å². The molecule has 2 aromatic rings. The summed E-state index contributed by atoms with van der Waals surface area (Å²) in [5.74, 6) is -1.76. The Morgan fingerprint density at radius 1 is 1.06 bits per heavy atom. The molecular formula is C24H28N4O4. The minimum absolute atomic E-state index is 0.0993. The second-order valence-electron chi connectivity index (χ2n) is 8.31. The summed E-state index contributed by atoms with van der Waals surface area (Å²) < 4.78 is 0. The van der Waals surface area contributed by atoms with Crippen LogP contribution in [0.2, 0.25) is 0 Å². The number of carbonyl (C=O) groups is 4. The lowest BCUT2D eigenvalue weighted by molar-refractivity contribution is -0.137. The van der Waals surface area contributed by atoms with Gasteiger partial charge in [-0.3, -0.25) is 19.2 Å². The van der Waals surface area contributed by atoms with E-state index < -0.39 is 23.8 Å². The van der Waals surface area contributed by atoms with Crippen LogP contribution in [0.15, 0.2) is 54.6 Å². The molecule has 3 N–H and O–H groups in total. The highest BCUT2D eigenvalue weighted by Gasteiger charge is 2.37. The summed E-state index contributed by atoms with van der Waals surface area (Å²) >= 11 is 0. The van der Waals surface area contributed by atoms with Crippen LogP contribution in [0.4, 0.5) is 5.69 Å². The lowest BCUT2D eigenvalue weighted by Crippen LogP contribution is -2.52. The summed E-state index contributed by atoms with van der Waals surface area (Å²) in [6.07, 6.45) is 0.250. The largest absolute Gasteiger partial charge is 0.368 e. The number of primary amides is 1. The Morgan fingerprint density at radius 2 is 1.72 bits per heavy atom. The summed E-state index contributed by atoms with van der Waals surface area (Å²) in [6.45, 7) is 3.57. The van der Waals surface area contributed by atoms with Crippen molar-refractivity contribution >= 4 is 29.3 Å². The zero-order valence-corrected chi connectivity index (χ0v) is 18.3. The Labute approximate surface area is 187 Å². The van der Waals surface area contributed by atoms with Gasteiger partial charge in [0.1, 0.15) is 12.6 Å². The molecule has 0 saturated heterocycles. The van der Waals surface area contributed by atoms with Gasteiger partial charge >= 0.3 is 0 Å². The quantitative estimate of drug-likeness (QED) is 0.655. The fourth-order valence-corrected chi connectivity index (χ4v) is 3.78. The molecule has 1 heterocycles. The van der Waals surface area contributed by atoms with Crippen molar-refractivity contribution in [3.05, 3.63) is 65.7 Å². The number of hydrogen-bond donors (Lipinski definition) is 2. The molecule has 0 radical (unpaired) electrons. The van der Waals surface area contributed by atoms with Crippen molar-refractivity contribution in [1.82, 2.24) is 9.80 Å². The van der Waals surface area contributed by atoms with Gasteiger partial charge in [-0.25, -0.2) is 0 Å². The van der Waals surface area contributed by atoms with Crippen LogP contribution in [0.25, 0.3) is 0 Å². The standard InChI is InChI=1S/C24H28N4O4/c1-16(2)13-27(14-21(25)29)22(30)15-28-20(12-17-8-4-3-5-9-17)23(31)26-19-11-7-6-10-18(19)24(28)32/h3-11,16,20H,12-15H2,1-2H3,(H2,25,29)(H,26,31). The van der Waals surface area contributed by atoms with Crippen LogP contribution in [0.3, 0.4) is 0 Å². The molecule has 8 heteroatoms. The van der Waals surface area contributed by atoms with Gasteiger partial charge in [-0.1, -0.05) is 56.3 Å². The number of carbonyl (C=O) groups excluding carboxylic acids is 4. The molecule has 168 valence electrons. The van der Waals surface area contributed by atoms with Crippen LogP contribution in [0.1, 0.15) is 29.8 Å². The minimum Gasteiger partial charge on any atom is -0.368 e. The zero-order chi connectivity index (χ0) is 23.3. The second-order valence-corrected chi connectivity index (χ2v) is 8.31. The molecule has 1 aliphatic heterocycles. The molecule has 0 bridgehead atoms. The van der Waals surface area contributed by atoms with E-state index in [0.717, 1.165) is 5.56 Å². The number of fused-ring (bicyclic) bond motifs is 1. The van der Waals surface area contributed by atoms with Gasteiger partial charge < -0.3 is 20.9 Å². The third-order valence-corrected chi connectivity index (χ3v) is 5.22. The number of anilines is 1. The van der Waals surface area contributed by atoms with E-state index in [0.29, 0.717) is 17.8 Å². The van der Waals surface area contributed by atoms with Crippen molar-refractivity contribution in [2.75, 3.05) is 25.0 Å². The Bertz CT molecular complexity index is 1010. The van der Waals surface area contributed by atoms with Gasteiger partial charge in [0.05, 0.1) is 17.8 Å². The molecule has 1 unspecified atom stereocenters. The van der Waals surface area contributed by atoms with Gasteiger partial charge in [0.15, 0.2) is 0 Å². The summed E-state index contributed by atoms with van der Waals surface area (Å²) in [5.41, 5.74) is 6.91. The van der Waals surface area contributed by atoms with E-state index >= 15 is 0 Å². The van der Waals surface area contributed by atoms with E-state index in [-0.39, 0.29) is 31.3 Å². The molecule has 32 heavy (non-hydrogen) atoms. The Balaban J connectivity index is 1.95. The van der Waals surface area contributed by atoms with Crippen molar-refractivity contribution in [3.8, 4) is 0 Å². The lowest BCUT2D eigenvalue weighted by Gasteiger charge is -2.31. The minimum atomic E-state index is -0.893. The van der Waals surface area contributed by atoms with Crippen molar-refractivity contribution in [2.24, 2.45) is 11.7 Å². The number of para-hydroxylation sites is 1. The molecule has 0 spiro atoms. The molecule has 3 rings (SSSR count). The van der Waals surface area contributed by atoms with Crippen molar-refractivity contribution in [2.45, 2.75) is 26.3 Å². The first-order chi connectivity index (χ1) is 15.3. The fourth-order valence-electron chi connectivity index (χ4n) is 3.78. The molecule has 1 aliphatic rings. The fraction of sp³-hybridized carbons (Fsp3) is 0.333. The van der Waals surface area contributed by atoms with E-state index in [1.165, 1.54) is 9.80 Å². The van der Waals surface area contributed by atoms with Crippen LogP contribution < -0.4 is 11.1 Å². The highest BCUT2D eigenvalue weighted by molar-refractivity contribution is 6.10. The van der Waals surface area contributed by atoms with Gasteiger partial charge in [0, 0.05) is 13.0 Å². The average molecular weight is 437 g/mol. The number of nitrogens with one attached hydrogen (secondary N) is 1. The first-order valence-corrected chi connectivity index (χ1v) is 10.6. The first kappa shape index (κ1) is 23.0. The van der Waals surface area contributed by atoms with E-state index in [1.807, 2.05) is 44.2 Å². The van der Waals surface area contributed by atoms with E-state index in [2.05, 4.69) is 5.32 Å². The molecule has 0 aromatic heterocycles. The summed E-state index contributed by atoms with van der Waals surface area (Å²) in [5, 5.41) is 2.82. The number of rotatable bonds is 8. The second kappa shape index (κ2) is 10.1. The van der Waals surface area contributed by atoms with Crippen molar-refractivity contribution in [3.63, 3.8) is 0 Å². The van der Waals surface area contributed by atoms with Crippen LogP contribution in [0, 0.1) is 5.92 Å². The maximum absolute atomic E-state index is 13.5. The first-order valence-electron chi connectivity index (χ1n) is 10.6. The number of nitrogens with two attached hydrogens (primary N) is 1. The Morgan fingerprint density at radius 3 is 2.38 bits per heavy atom. The Hall–Kier alpha value is -3.68. The summed E-state index contributed by atoms with van der Waals surface area (Å²) in [4.78, 5) is 53.9. The molecule has 0 aliphatic carbocycles. The smallest absolute Gasteiger partial charge is 0.257 e. The number of amides is 4. The molecule has 2 aromatic carbocycles. The monoisotopic (exact) mass is 436 g/mol. The van der Waals surface area contributed by atoms with E-state index in [1.54, 1.807) is 24.3 Å². The van der Waals surface area contributed by atoms with Crippen LogP contribution >= 0.6 is 0 Å². The molecule has 8 nitrogen and oxygen atoms in total. The predicted molar refractivity (Wildman–Crippen MR) is 121 cm³/mol. The predicted octanol–water partition coefficient (Wildman–Crippen LogP) is 1.66. The topological polar surface area (TPSA) is 113 Å². The average Bonchev–Trinajstić information content (AvgIpc) is 2.84. The third-order valence-electron chi connectivity index (χ3n) is 5.22. The number of hydrogen-bond acceptors (Lipinski definition) is 4. The highest BCUT2D eigenvalue weighted by atomic mass is 16.2. The summed E-state index contributed by atoms with van der Waals surface area (Å²) in [6, 6.07) is 15.1. The van der Waals surface area contributed by atoms with Gasteiger partial charge in [-0.15, -0.1) is 0 Å². The molecule has 4 amide bonds. The highest BCUT2D eigenvalue weighted by Crippen LogP contribution is 2.25. The molecule has 0 fully saturated rings. The maximum Gasteiger partial charge on any atom is 0.257 e. The van der Waals surface area contributed by atoms with Crippen LogP contribution in [-0.2, 0) is 20.8 Å². The van der Waals surface area contributed by atoms with Crippen LogP contribution in [0.5, 0.6) is 0 Å². The summed E-state index contributed by atoms with van der Waals surface area (Å²) in [7, 11) is 0. The van der Waals surface area contributed by atoms with Gasteiger partial charge in [0.25, 0.3) is 5.91 Å². The SMILES string of the molecule is CC(C)CN(CC(N)=O)C(=O)CN1C(=O)c2ccccc2NC(=O)C1Cc1ccccc1. The Kier molecular flexibility index (Phi) is 7.25. The molecule has 0 saturated carbocycles. The van der Waals surface area contributed by atoms with Gasteiger partial charge in [-0.05, 0) is 23.6 Å². The number of benzene rings is 2. The normalized spacial score (nSPS) is 15.7. The van der Waals surface area contributed by atoms with Crippen LogP contribution in [-0.4, -0.2) is 59.1 Å². The maximum atomic E-state index is 13.5. The van der Waals surface area contributed by atoms with E-state index in [9.17, 15) is 19.2 Å². The molecule has 1 atom stereocenters.